The van der Waals surface area contributed by atoms with Crippen LogP contribution in [0, 0.1) is 0 Å². The molecule has 0 aromatic heterocycles. The summed E-state index contributed by atoms with van der Waals surface area (Å²) in [6, 6.07) is 4.59. The van der Waals surface area contributed by atoms with Gasteiger partial charge in [-0.2, -0.15) is 22.0 Å². The molecule has 10 heteroatoms. The highest BCUT2D eigenvalue weighted by atomic mass is 19.4. The van der Waals surface area contributed by atoms with Crippen molar-refractivity contribution in [3.8, 4) is 5.75 Å². The third-order valence-electron chi connectivity index (χ3n) is 2.92. The number of carbonyl (C=O) groups is 1. The van der Waals surface area contributed by atoms with E-state index < -0.39 is 30.2 Å². The molecule has 0 heterocycles. The monoisotopic (exact) mass is 359 g/mol. The molecule has 0 fully saturated rings. The van der Waals surface area contributed by atoms with Crippen molar-refractivity contribution in [2.75, 3.05) is 13.6 Å². The average Bonchev–Trinajstić information content (AvgIpc) is 2.45. The summed E-state index contributed by atoms with van der Waals surface area (Å²) in [7, 11) is 1.64. The fraction of sp³-hybridized carbons (Fsp3) is 0.500. The summed E-state index contributed by atoms with van der Waals surface area (Å²) < 4.78 is 78.7. The number of carboxylic acids is 1. The maximum atomic E-state index is 13.1. The Morgan fingerprint density at radius 2 is 1.75 bits per heavy atom. The number of ether oxygens (including phenoxy) is 1. The fourth-order valence-corrected chi connectivity index (χ4v) is 1.74. The van der Waals surface area contributed by atoms with Crippen LogP contribution in [0.2, 0.25) is 0 Å². The van der Waals surface area contributed by atoms with Crippen LogP contribution in [-0.2, 0) is 11.3 Å². The molecule has 1 aromatic rings. The van der Waals surface area contributed by atoms with E-state index in [-0.39, 0.29) is 19.5 Å². The number of carboxylic acid groups (broad SMARTS) is 1. The van der Waals surface area contributed by atoms with Gasteiger partial charge in [0, 0.05) is 13.1 Å². The molecule has 1 N–H and O–H groups in total. The van der Waals surface area contributed by atoms with Gasteiger partial charge in [0.1, 0.15) is 5.75 Å². The van der Waals surface area contributed by atoms with Gasteiger partial charge in [-0.3, -0.25) is 4.79 Å². The van der Waals surface area contributed by atoms with Gasteiger partial charge in [-0.25, -0.2) is 4.39 Å². The normalized spacial score (nSPS) is 13.8. The lowest BCUT2D eigenvalue weighted by Crippen LogP contribution is -2.45. The molecule has 1 rings (SSSR count). The van der Waals surface area contributed by atoms with Gasteiger partial charge in [0.2, 0.25) is 0 Å². The number of benzene rings is 1. The zero-order valence-electron chi connectivity index (χ0n) is 12.5. The van der Waals surface area contributed by atoms with E-state index in [9.17, 15) is 31.1 Å². The minimum Gasteiger partial charge on any atom is -0.481 e. The van der Waals surface area contributed by atoms with Crippen molar-refractivity contribution in [1.82, 2.24) is 4.90 Å². The van der Waals surface area contributed by atoms with E-state index in [4.69, 9.17) is 5.11 Å². The van der Waals surface area contributed by atoms with Gasteiger partial charge in [-0.15, -0.1) is 0 Å². The Morgan fingerprint density at radius 1 is 1.21 bits per heavy atom. The van der Waals surface area contributed by atoms with Gasteiger partial charge in [0.25, 0.3) is 6.17 Å². The quantitative estimate of drug-likeness (QED) is 0.723. The van der Waals surface area contributed by atoms with Crippen LogP contribution in [-0.4, -0.2) is 48.0 Å². The van der Waals surface area contributed by atoms with Crippen LogP contribution in [0.15, 0.2) is 24.3 Å². The van der Waals surface area contributed by atoms with Crippen LogP contribution in [0.5, 0.6) is 5.75 Å². The van der Waals surface area contributed by atoms with Crippen molar-refractivity contribution < 1.29 is 41.0 Å². The zero-order chi connectivity index (χ0) is 18.5. The molecule has 0 saturated heterocycles. The van der Waals surface area contributed by atoms with Gasteiger partial charge >= 0.3 is 18.3 Å². The Hall–Kier alpha value is -1.97. The first-order valence-corrected chi connectivity index (χ1v) is 6.68. The van der Waals surface area contributed by atoms with E-state index in [2.05, 4.69) is 4.74 Å². The number of alkyl halides is 6. The van der Waals surface area contributed by atoms with Gasteiger partial charge in [0.15, 0.2) is 0 Å². The Morgan fingerprint density at radius 3 is 2.21 bits per heavy atom. The molecule has 1 atom stereocenters. The van der Waals surface area contributed by atoms with E-state index in [1.165, 1.54) is 12.1 Å². The second kappa shape index (κ2) is 7.73. The molecule has 1 aromatic carbocycles. The molecule has 136 valence electrons. The summed E-state index contributed by atoms with van der Waals surface area (Å²) in [6.45, 7) is 0.541. The molecule has 0 aliphatic carbocycles. The molecule has 0 aliphatic heterocycles. The highest BCUT2D eigenvalue weighted by molar-refractivity contribution is 5.66. The lowest BCUT2D eigenvalue weighted by Gasteiger charge is -2.23. The number of hydrogen-bond acceptors (Lipinski definition) is 3. The summed E-state index contributed by atoms with van der Waals surface area (Å²) in [5, 5.41) is 8.55. The molecule has 0 radical (unpaired) electrons. The first kappa shape index (κ1) is 20.1. The predicted molar refractivity (Wildman–Crippen MR) is 71.6 cm³/mol. The summed E-state index contributed by atoms with van der Waals surface area (Å²) in [5.41, 5.74) is 0.589. The summed E-state index contributed by atoms with van der Waals surface area (Å²) in [6.07, 6.45) is -15.3. The third kappa shape index (κ3) is 6.26. The van der Waals surface area contributed by atoms with E-state index >= 15 is 0 Å². The van der Waals surface area contributed by atoms with Gasteiger partial charge < -0.3 is 14.7 Å². The van der Waals surface area contributed by atoms with Crippen LogP contribution < -0.4 is 4.74 Å². The standard InChI is InChI=1S/C14H15F6NO3/c1-21(7-6-11(22)23)8-9-2-4-10(5-3-9)24-14(19,20)12(15)13(16,17)18/h2-5,12H,6-8H2,1H3,(H,22,23). The molecular formula is C14H15F6NO3. The zero-order valence-corrected chi connectivity index (χ0v) is 12.5. The number of halogens is 6. The molecule has 0 spiro atoms. The molecule has 0 saturated carbocycles. The smallest absolute Gasteiger partial charge is 0.439 e. The first-order valence-electron chi connectivity index (χ1n) is 6.68. The summed E-state index contributed by atoms with van der Waals surface area (Å²) in [5.74, 6) is -1.60. The largest absolute Gasteiger partial charge is 0.481 e. The van der Waals surface area contributed by atoms with Crippen LogP contribution in [0.1, 0.15) is 12.0 Å². The third-order valence-corrected chi connectivity index (χ3v) is 2.92. The molecular weight excluding hydrogens is 344 g/mol. The van der Waals surface area contributed by atoms with E-state index in [1.54, 1.807) is 11.9 Å². The van der Waals surface area contributed by atoms with Crippen LogP contribution >= 0.6 is 0 Å². The van der Waals surface area contributed by atoms with Crippen LogP contribution in [0.3, 0.4) is 0 Å². The molecule has 24 heavy (non-hydrogen) atoms. The molecule has 0 bridgehead atoms. The lowest BCUT2D eigenvalue weighted by molar-refractivity contribution is -0.304. The highest BCUT2D eigenvalue weighted by Crippen LogP contribution is 2.36. The lowest BCUT2D eigenvalue weighted by atomic mass is 10.2. The Balaban J connectivity index is 2.66. The second-order valence-electron chi connectivity index (χ2n) is 5.09. The minimum absolute atomic E-state index is 0.0841. The van der Waals surface area contributed by atoms with E-state index in [0.717, 1.165) is 12.1 Å². The highest BCUT2D eigenvalue weighted by Gasteiger charge is 2.59. The topological polar surface area (TPSA) is 49.8 Å². The van der Waals surface area contributed by atoms with Crippen LogP contribution in [0.4, 0.5) is 26.3 Å². The minimum atomic E-state index is -5.74. The maximum Gasteiger partial charge on any atom is 0.439 e. The first-order chi connectivity index (χ1) is 10.9. The molecule has 4 nitrogen and oxygen atoms in total. The van der Waals surface area contributed by atoms with Gasteiger partial charge in [0.05, 0.1) is 6.42 Å². The van der Waals surface area contributed by atoms with Crippen molar-refractivity contribution >= 4 is 5.97 Å². The molecule has 1 unspecified atom stereocenters. The molecule has 0 amide bonds. The maximum absolute atomic E-state index is 13.1. The number of aliphatic carboxylic acids is 1. The summed E-state index contributed by atoms with van der Waals surface area (Å²) in [4.78, 5) is 12.1. The SMILES string of the molecule is CN(CCC(=O)O)Cc1ccc(OC(F)(F)C(F)C(F)(F)F)cc1. The fourth-order valence-electron chi connectivity index (χ4n) is 1.74. The van der Waals surface area contributed by atoms with Gasteiger partial charge in [-0.05, 0) is 24.7 Å². The average molecular weight is 359 g/mol. The Kier molecular flexibility index (Phi) is 6.47. The van der Waals surface area contributed by atoms with Crippen molar-refractivity contribution in [1.29, 1.82) is 0 Å². The number of rotatable bonds is 8. The van der Waals surface area contributed by atoms with E-state index in [1.807, 2.05) is 0 Å². The number of hydrogen-bond donors (Lipinski definition) is 1. The predicted octanol–water partition coefficient (Wildman–Crippen LogP) is 3.47. The summed E-state index contributed by atoms with van der Waals surface area (Å²) >= 11 is 0. The van der Waals surface area contributed by atoms with Crippen molar-refractivity contribution in [2.24, 2.45) is 0 Å². The second-order valence-corrected chi connectivity index (χ2v) is 5.09. The number of nitrogens with zero attached hydrogens (tertiary/aromatic N) is 1. The van der Waals surface area contributed by atoms with Crippen LogP contribution in [0.25, 0.3) is 0 Å². The van der Waals surface area contributed by atoms with Crippen molar-refractivity contribution in [3.05, 3.63) is 29.8 Å². The van der Waals surface area contributed by atoms with Crippen molar-refractivity contribution in [3.63, 3.8) is 0 Å². The van der Waals surface area contributed by atoms with Gasteiger partial charge in [-0.1, -0.05) is 12.1 Å². The van der Waals surface area contributed by atoms with Crippen molar-refractivity contribution in [2.45, 2.75) is 31.4 Å². The Bertz CT molecular complexity index is 546. The Labute approximate surface area is 133 Å². The molecule has 0 aliphatic rings. The van der Waals surface area contributed by atoms with E-state index in [0.29, 0.717) is 5.56 Å².